The van der Waals surface area contributed by atoms with Gasteiger partial charge in [0.1, 0.15) is 0 Å². The number of rotatable bonds is 4. The highest BCUT2D eigenvalue weighted by atomic mass is 15.2. The molecule has 0 N–H and O–H groups in total. The summed E-state index contributed by atoms with van der Waals surface area (Å²) in [6, 6.07) is 7.66. The van der Waals surface area contributed by atoms with E-state index in [1.165, 1.54) is 72.4 Å². The standard InChI is InChI=1S/C35H42N2/c1-26-13-10-19-30(25-26)37(29-17-4-3-5-18-29)34-23-12-22-33-35(34)27(2)14-8-9-24-36(33)32-21-11-16-28-15-6-7-20-31(28)32/h3-4,6,8-9,11-12,14-17,21-23,26,28,30-31H,5,7,10,13,18-20,24-25H2,1-2H3/b9-8-,27-14+. The van der Waals surface area contributed by atoms with E-state index in [1.807, 2.05) is 0 Å². The van der Waals surface area contributed by atoms with Gasteiger partial charge in [0.05, 0.1) is 11.4 Å². The number of benzene rings is 1. The lowest BCUT2D eigenvalue weighted by Gasteiger charge is -2.43. The maximum atomic E-state index is 2.76. The molecule has 37 heavy (non-hydrogen) atoms. The lowest BCUT2D eigenvalue weighted by atomic mass is 9.78. The van der Waals surface area contributed by atoms with Gasteiger partial charge in [-0.15, -0.1) is 0 Å². The van der Waals surface area contributed by atoms with Crippen LogP contribution in [0.4, 0.5) is 11.4 Å². The average molecular weight is 491 g/mol. The van der Waals surface area contributed by atoms with Crippen molar-refractivity contribution in [3.8, 4) is 0 Å². The van der Waals surface area contributed by atoms with Crippen molar-refractivity contribution in [2.75, 3.05) is 16.3 Å². The third kappa shape index (κ3) is 4.83. The Morgan fingerprint density at radius 3 is 2.68 bits per heavy atom. The molecule has 1 aromatic carbocycles. The Bertz CT molecular complexity index is 1220. The summed E-state index contributed by atoms with van der Waals surface area (Å²) in [6.07, 6.45) is 35.7. The van der Waals surface area contributed by atoms with E-state index < -0.39 is 0 Å². The van der Waals surface area contributed by atoms with E-state index in [0.29, 0.717) is 17.9 Å². The van der Waals surface area contributed by atoms with Crippen molar-refractivity contribution in [3.63, 3.8) is 0 Å². The molecule has 4 aliphatic carbocycles. The van der Waals surface area contributed by atoms with E-state index in [2.05, 4.69) is 109 Å². The van der Waals surface area contributed by atoms with Gasteiger partial charge in [0.15, 0.2) is 0 Å². The van der Waals surface area contributed by atoms with Crippen LogP contribution >= 0.6 is 0 Å². The van der Waals surface area contributed by atoms with Gasteiger partial charge >= 0.3 is 0 Å². The second-order valence-electron chi connectivity index (χ2n) is 11.6. The molecular formula is C35H42N2. The van der Waals surface area contributed by atoms with Gasteiger partial charge in [-0.2, -0.15) is 0 Å². The zero-order chi connectivity index (χ0) is 25.2. The molecule has 1 saturated carbocycles. The Balaban J connectivity index is 1.49. The number of hydrogen-bond acceptors (Lipinski definition) is 2. The first-order valence-electron chi connectivity index (χ1n) is 14.6. The predicted octanol–water partition coefficient (Wildman–Crippen LogP) is 9.12. The molecule has 1 aromatic rings. The largest absolute Gasteiger partial charge is 0.341 e. The van der Waals surface area contributed by atoms with E-state index in [1.54, 1.807) is 0 Å². The molecule has 1 heterocycles. The van der Waals surface area contributed by atoms with Crippen LogP contribution < -0.4 is 9.80 Å². The summed E-state index contributed by atoms with van der Waals surface area (Å²) in [5.74, 6) is 1.87. The third-order valence-electron chi connectivity index (χ3n) is 9.07. The summed E-state index contributed by atoms with van der Waals surface area (Å²) in [7, 11) is 0. The summed E-state index contributed by atoms with van der Waals surface area (Å²) < 4.78 is 0. The van der Waals surface area contributed by atoms with Crippen molar-refractivity contribution >= 4 is 16.9 Å². The van der Waals surface area contributed by atoms with Crippen molar-refractivity contribution in [1.82, 2.24) is 0 Å². The molecule has 2 heteroatoms. The Hall–Kier alpha value is -3.00. The van der Waals surface area contributed by atoms with Gasteiger partial charge in [-0.1, -0.05) is 80.5 Å². The van der Waals surface area contributed by atoms with E-state index in [0.717, 1.165) is 25.3 Å². The Labute approximate surface area is 224 Å². The molecule has 192 valence electrons. The Morgan fingerprint density at radius 1 is 0.892 bits per heavy atom. The van der Waals surface area contributed by atoms with E-state index in [4.69, 9.17) is 0 Å². The molecular weight excluding hydrogens is 448 g/mol. The minimum Gasteiger partial charge on any atom is -0.341 e. The quantitative estimate of drug-likeness (QED) is 0.388. The number of hydrogen-bond donors (Lipinski definition) is 0. The normalized spacial score (nSPS) is 31.2. The fourth-order valence-electron chi connectivity index (χ4n) is 7.27. The lowest BCUT2D eigenvalue weighted by Crippen LogP contribution is -2.39. The van der Waals surface area contributed by atoms with Crippen molar-refractivity contribution in [3.05, 3.63) is 102 Å². The van der Waals surface area contributed by atoms with Gasteiger partial charge < -0.3 is 9.80 Å². The minimum atomic E-state index is 0.519. The predicted molar refractivity (Wildman–Crippen MR) is 160 cm³/mol. The molecule has 0 amide bonds. The van der Waals surface area contributed by atoms with Gasteiger partial charge in [0.2, 0.25) is 0 Å². The molecule has 0 spiro atoms. The van der Waals surface area contributed by atoms with Crippen molar-refractivity contribution in [2.45, 2.75) is 71.3 Å². The molecule has 2 nitrogen and oxygen atoms in total. The van der Waals surface area contributed by atoms with Gasteiger partial charge in [0.25, 0.3) is 0 Å². The summed E-state index contributed by atoms with van der Waals surface area (Å²) in [5.41, 5.74) is 8.51. The summed E-state index contributed by atoms with van der Waals surface area (Å²) in [4.78, 5) is 5.39. The summed E-state index contributed by atoms with van der Waals surface area (Å²) in [6.45, 7) is 5.68. The lowest BCUT2D eigenvalue weighted by molar-refractivity contribution is 0.336. The highest BCUT2D eigenvalue weighted by molar-refractivity contribution is 5.88. The van der Waals surface area contributed by atoms with Crippen LogP contribution in [0.2, 0.25) is 0 Å². The molecule has 6 rings (SSSR count). The molecule has 0 saturated heterocycles. The summed E-state index contributed by atoms with van der Waals surface area (Å²) in [5, 5.41) is 0. The first kappa shape index (κ1) is 24.3. The zero-order valence-corrected chi connectivity index (χ0v) is 22.7. The fourth-order valence-corrected chi connectivity index (χ4v) is 7.27. The van der Waals surface area contributed by atoms with E-state index >= 15 is 0 Å². The first-order valence-corrected chi connectivity index (χ1v) is 14.6. The van der Waals surface area contributed by atoms with Crippen LogP contribution in [-0.2, 0) is 0 Å². The second kappa shape index (κ2) is 10.8. The number of allylic oxidation sites excluding steroid dienone is 13. The summed E-state index contributed by atoms with van der Waals surface area (Å²) >= 11 is 0. The maximum Gasteiger partial charge on any atom is 0.0508 e. The smallest absolute Gasteiger partial charge is 0.0508 e. The van der Waals surface area contributed by atoms with Gasteiger partial charge in [-0.25, -0.2) is 0 Å². The fraction of sp³-hybridized carbons (Fsp3) is 0.429. The molecule has 1 aliphatic heterocycles. The maximum absolute atomic E-state index is 2.76. The molecule has 0 aromatic heterocycles. The molecule has 4 unspecified atom stereocenters. The average Bonchev–Trinajstić information content (AvgIpc) is 2.93. The Kier molecular flexibility index (Phi) is 7.09. The third-order valence-corrected chi connectivity index (χ3v) is 9.07. The molecule has 0 radical (unpaired) electrons. The Morgan fingerprint density at radius 2 is 1.81 bits per heavy atom. The molecule has 5 aliphatic rings. The van der Waals surface area contributed by atoms with E-state index in [9.17, 15) is 0 Å². The van der Waals surface area contributed by atoms with Crippen LogP contribution in [0.1, 0.15) is 70.8 Å². The van der Waals surface area contributed by atoms with Gasteiger partial charge in [0, 0.05) is 41.4 Å². The zero-order valence-electron chi connectivity index (χ0n) is 22.7. The molecule has 0 bridgehead atoms. The van der Waals surface area contributed by atoms with Crippen molar-refractivity contribution < 1.29 is 0 Å². The van der Waals surface area contributed by atoms with Gasteiger partial charge in [-0.05, 0) is 81.2 Å². The van der Waals surface area contributed by atoms with Crippen LogP contribution in [0.25, 0.3) is 5.57 Å². The van der Waals surface area contributed by atoms with Crippen LogP contribution in [0.3, 0.4) is 0 Å². The van der Waals surface area contributed by atoms with Gasteiger partial charge in [-0.3, -0.25) is 0 Å². The van der Waals surface area contributed by atoms with Crippen LogP contribution in [0.15, 0.2) is 96.4 Å². The first-order chi connectivity index (χ1) is 18.2. The number of anilines is 2. The highest BCUT2D eigenvalue weighted by Crippen LogP contribution is 2.45. The van der Waals surface area contributed by atoms with Crippen LogP contribution in [0.5, 0.6) is 0 Å². The van der Waals surface area contributed by atoms with Crippen LogP contribution in [0, 0.1) is 17.8 Å². The van der Waals surface area contributed by atoms with E-state index in [-0.39, 0.29) is 0 Å². The monoisotopic (exact) mass is 490 g/mol. The highest BCUT2D eigenvalue weighted by Gasteiger charge is 2.33. The van der Waals surface area contributed by atoms with Crippen molar-refractivity contribution in [2.24, 2.45) is 17.8 Å². The van der Waals surface area contributed by atoms with Crippen molar-refractivity contribution in [1.29, 1.82) is 0 Å². The molecule has 4 atom stereocenters. The number of fused-ring (bicyclic) bond motifs is 2. The number of nitrogens with zero attached hydrogens (tertiary/aromatic N) is 2. The van der Waals surface area contributed by atoms with Crippen LogP contribution in [-0.4, -0.2) is 12.6 Å². The second-order valence-corrected chi connectivity index (χ2v) is 11.6. The molecule has 1 fully saturated rings. The topological polar surface area (TPSA) is 6.48 Å². The SMILES string of the molecule is C/C1=C\C=C/CN(C2=CC=CC3C=CCCC23)c2cccc(N(C3=CC=CCC3)C3CCCC(C)C3)c21. The minimum absolute atomic E-state index is 0.519.